The third-order valence-electron chi connectivity index (χ3n) is 5.85. The Labute approximate surface area is 219 Å². The molecule has 7 nitrogen and oxygen atoms in total. The number of nitrogens with one attached hydrogen (secondary N) is 1. The van der Waals surface area contributed by atoms with Crippen molar-refractivity contribution in [2.24, 2.45) is 5.73 Å². The van der Waals surface area contributed by atoms with Crippen molar-refractivity contribution in [2.45, 2.75) is 31.9 Å². The van der Waals surface area contributed by atoms with Crippen molar-refractivity contribution >= 4 is 17.7 Å². The van der Waals surface area contributed by atoms with Crippen molar-refractivity contribution in [1.29, 1.82) is 0 Å². The summed E-state index contributed by atoms with van der Waals surface area (Å²) in [5, 5.41) is 2.43. The zero-order valence-corrected chi connectivity index (χ0v) is 20.5. The molecule has 0 heterocycles. The number of halogens is 5. The molecule has 4 rings (SSSR count). The molecule has 0 saturated heterocycles. The fraction of sp³-hybridized carbons (Fsp3) is 0.259. The highest BCUT2D eigenvalue weighted by Crippen LogP contribution is 2.48. The number of hydrogen-bond donors (Lipinski definition) is 2. The maximum atomic E-state index is 14.2. The standard InChI is InChI=1S/C27H23F5N2O5/c1-14-10-16(28)4-7-22(14)39-23-13-18(15-2-3-15)20(27(30,31)32)12-19(23)25(35)34-17-5-6-21(29)24(11-17)37-8-9-38-26(33)36/h4-7,10-13,15H,2-3,8-9H2,1H3,(H2,33,36)(H,34,35). The fourth-order valence-corrected chi connectivity index (χ4v) is 3.86. The molecule has 12 heteroatoms. The Balaban J connectivity index is 1.67. The largest absolute Gasteiger partial charge is 0.487 e. The van der Waals surface area contributed by atoms with E-state index in [1.807, 2.05) is 0 Å². The average Bonchev–Trinajstić information content (AvgIpc) is 3.70. The minimum Gasteiger partial charge on any atom is -0.487 e. The van der Waals surface area contributed by atoms with Crippen molar-refractivity contribution in [1.82, 2.24) is 0 Å². The highest BCUT2D eigenvalue weighted by Gasteiger charge is 2.40. The van der Waals surface area contributed by atoms with Crippen molar-refractivity contribution in [3.8, 4) is 17.2 Å². The summed E-state index contributed by atoms with van der Waals surface area (Å²) in [6.07, 6.45) is -4.65. The summed E-state index contributed by atoms with van der Waals surface area (Å²) in [7, 11) is 0. The van der Waals surface area contributed by atoms with Gasteiger partial charge in [-0.2, -0.15) is 13.2 Å². The molecule has 3 aromatic carbocycles. The maximum absolute atomic E-state index is 14.2. The first-order chi connectivity index (χ1) is 18.4. The van der Waals surface area contributed by atoms with Gasteiger partial charge in [-0.1, -0.05) is 0 Å². The molecule has 39 heavy (non-hydrogen) atoms. The third-order valence-corrected chi connectivity index (χ3v) is 5.85. The van der Waals surface area contributed by atoms with Gasteiger partial charge in [-0.3, -0.25) is 4.79 Å². The van der Waals surface area contributed by atoms with Crippen LogP contribution >= 0.6 is 0 Å². The maximum Gasteiger partial charge on any atom is 0.416 e. The van der Waals surface area contributed by atoms with E-state index in [4.69, 9.17) is 15.2 Å². The van der Waals surface area contributed by atoms with Crippen LogP contribution < -0.4 is 20.5 Å². The fourth-order valence-electron chi connectivity index (χ4n) is 3.86. The number of nitrogens with two attached hydrogens (primary N) is 1. The van der Waals surface area contributed by atoms with Crippen molar-refractivity contribution < 1.29 is 45.8 Å². The Morgan fingerprint density at radius 1 is 0.974 bits per heavy atom. The lowest BCUT2D eigenvalue weighted by Crippen LogP contribution is -2.18. The van der Waals surface area contributed by atoms with E-state index in [0.717, 1.165) is 24.3 Å². The second-order valence-electron chi connectivity index (χ2n) is 8.83. The van der Waals surface area contributed by atoms with Crippen LogP contribution in [0.5, 0.6) is 17.2 Å². The minimum atomic E-state index is -4.73. The van der Waals surface area contributed by atoms with Crippen LogP contribution in [0.4, 0.5) is 32.4 Å². The molecule has 0 aliphatic heterocycles. The van der Waals surface area contributed by atoms with Crippen molar-refractivity contribution in [3.05, 3.63) is 82.4 Å². The Bertz CT molecular complexity index is 1410. The molecule has 206 valence electrons. The number of aryl methyl sites for hydroxylation is 1. The van der Waals surface area contributed by atoms with Gasteiger partial charge in [-0.15, -0.1) is 0 Å². The average molecular weight is 550 g/mol. The molecule has 0 unspecified atom stereocenters. The lowest BCUT2D eigenvalue weighted by molar-refractivity contribution is -0.138. The number of benzene rings is 3. The van der Waals surface area contributed by atoms with Crippen LogP contribution in [0.15, 0.2) is 48.5 Å². The lowest BCUT2D eigenvalue weighted by atomic mass is 9.98. The zero-order valence-electron chi connectivity index (χ0n) is 20.5. The molecule has 1 saturated carbocycles. The van der Waals surface area contributed by atoms with Gasteiger partial charge in [-0.05, 0) is 79.3 Å². The molecule has 0 atom stereocenters. The van der Waals surface area contributed by atoms with E-state index in [9.17, 15) is 31.5 Å². The highest BCUT2D eigenvalue weighted by molar-refractivity contribution is 6.06. The van der Waals surface area contributed by atoms with Gasteiger partial charge >= 0.3 is 12.3 Å². The van der Waals surface area contributed by atoms with Crippen molar-refractivity contribution in [2.75, 3.05) is 18.5 Å². The van der Waals surface area contributed by atoms with Gasteiger partial charge in [0.2, 0.25) is 0 Å². The second kappa shape index (κ2) is 11.2. The van der Waals surface area contributed by atoms with Gasteiger partial charge in [0, 0.05) is 11.8 Å². The summed E-state index contributed by atoms with van der Waals surface area (Å²) < 4.78 is 85.1. The van der Waals surface area contributed by atoms with Gasteiger partial charge < -0.3 is 25.3 Å². The van der Waals surface area contributed by atoms with Gasteiger partial charge in [0.15, 0.2) is 11.6 Å². The molecule has 3 aromatic rings. The first kappa shape index (κ1) is 27.7. The van der Waals surface area contributed by atoms with E-state index in [0.29, 0.717) is 18.4 Å². The third kappa shape index (κ3) is 6.95. The van der Waals surface area contributed by atoms with Crippen LogP contribution in [0.3, 0.4) is 0 Å². The second-order valence-corrected chi connectivity index (χ2v) is 8.83. The molecular formula is C27H23F5N2O5. The highest BCUT2D eigenvalue weighted by atomic mass is 19.4. The SMILES string of the molecule is Cc1cc(F)ccc1Oc1cc(C2CC2)c(C(F)(F)F)cc1C(=O)Nc1ccc(F)c(OCCOC(N)=O)c1. The number of anilines is 1. The molecule has 0 radical (unpaired) electrons. The van der Waals surface area contributed by atoms with Crippen LogP contribution in [-0.4, -0.2) is 25.2 Å². The first-order valence-electron chi connectivity index (χ1n) is 11.8. The number of hydrogen-bond acceptors (Lipinski definition) is 5. The molecule has 1 aliphatic rings. The topological polar surface area (TPSA) is 99.9 Å². The number of rotatable bonds is 9. The molecule has 0 bridgehead atoms. The summed E-state index contributed by atoms with van der Waals surface area (Å²) in [6.45, 7) is 1.05. The number of carbonyl (C=O) groups excluding carboxylic acids is 2. The van der Waals surface area contributed by atoms with E-state index in [2.05, 4.69) is 10.1 Å². The number of ether oxygens (including phenoxy) is 3. The van der Waals surface area contributed by atoms with E-state index >= 15 is 0 Å². The van der Waals surface area contributed by atoms with E-state index in [1.54, 1.807) is 6.92 Å². The first-order valence-corrected chi connectivity index (χ1v) is 11.8. The van der Waals surface area contributed by atoms with Gasteiger partial charge in [-0.25, -0.2) is 13.6 Å². The minimum absolute atomic E-state index is 0.00413. The van der Waals surface area contributed by atoms with Crippen molar-refractivity contribution in [3.63, 3.8) is 0 Å². The van der Waals surface area contributed by atoms with E-state index in [-0.39, 0.29) is 47.6 Å². The summed E-state index contributed by atoms with van der Waals surface area (Å²) in [5.74, 6) is -2.92. The van der Waals surface area contributed by atoms with Gasteiger partial charge in [0.05, 0.1) is 11.1 Å². The summed E-state index contributed by atoms with van der Waals surface area (Å²) in [6, 6.07) is 8.83. The number of amides is 2. The monoisotopic (exact) mass is 550 g/mol. The zero-order chi connectivity index (χ0) is 28.3. The lowest BCUT2D eigenvalue weighted by Gasteiger charge is -2.19. The molecule has 0 spiro atoms. The summed E-state index contributed by atoms with van der Waals surface area (Å²) in [5.41, 5.74) is 3.83. The van der Waals surface area contributed by atoms with Crippen LogP contribution in [0.25, 0.3) is 0 Å². The predicted molar refractivity (Wildman–Crippen MR) is 130 cm³/mol. The van der Waals surface area contributed by atoms with Crippen LogP contribution in [-0.2, 0) is 10.9 Å². The smallest absolute Gasteiger partial charge is 0.416 e. The van der Waals surface area contributed by atoms with Gasteiger partial charge in [0.1, 0.15) is 30.5 Å². The molecular weight excluding hydrogens is 527 g/mol. The Hall–Kier alpha value is -4.35. The van der Waals surface area contributed by atoms with E-state index < -0.39 is 40.9 Å². The predicted octanol–water partition coefficient (Wildman–Crippen LogP) is 6.69. The van der Waals surface area contributed by atoms with Gasteiger partial charge in [0.25, 0.3) is 5.91 Å². The van der Waals surface area contributed by atoms with Crippen LogP contribution in [0.2, 0.25) is 0 Å². The Kier molecular flexibility index (Phi) is 7.93. The molecule has 1 aliphatic carbocycles. The Morgan fingerprint density at radius 2 is 1.72 bits per heavy atom. The molecule has 1 fully saturated rings. The van der Waals surface area contributed by atoms with Crippen LogP contribution in [0, 0.1) is 18.6 Å². The van der Waals surface area contributed by atoms with E-state index in [1.165, 1.54) is 24.3 Å². The summed E-state index contributed by atoms with van der Waals surface area (Å²) >= 11 is 0. The number of carbonyl (C=O) groups is 2. The molecule has 0 aromatic heterocycles. The molecule has 2 amide bonds. The van der Waals surface area contributed by atoms with Crippen LogP contribution in [0.1, 0.15) is 45.8 Å². The summed E-state index contributed by atoms with van der Waals surface area (Å²) in [4.78, 5) is 23.9. The normalized spacial score (nSPS) is 13.1. The number of primary amides is 1. The Morgan fingerprint density at radius 3 is 2.36 bits per heavy atom. The number of alkyl halides is 3. The molecule has 3 N–H and O–H groups in total. The quantitative estimate of drug-likeness (QED) is 0.229.